The first-order chi connectivity index (χ1) is 14.2. The Balaban J connectivity index is 1.45. The average molecular weight is 389 g/mol. The van der Waals surface area contributed by atoms with Gasteiger partial charge in [0.1, 0.15) is 23.7 Å². The Morgan fingerprint density at radius 1 is 1.24 bits per heavy atom. The standard InChI is InChI=1S/C21H23N7O/c1-3-26-13-23-25-20(26)17-7-4-8-18(24-17)28-12-15-11-22-19(10-16(15)21(28)29)27-9-5-6-14(27)2/h4,7-8,10-11,13-14H,3,5-6,9,12H2,1-2H3/t14-/m1/s1. The Labute approximate surface area is 169 Å². The van der Waals surface area contributed by atoms with Crippen molar-refractivity contribution in [1.82, 2.24) is 24.7 Å². The van der Waals surface area contributed by atoms with Gasteiger partial charge in [0.2, 0.25) is 0 Å². The van der Waals surface area contributed by atoms with Crippen LogP contribution in [0.1, 0.15) is 42.6 Å². The van der Waals surface area contributed by atoms with Crippen molar-refractivity contribution >= 4 is 17.5 Å². The molecule has 1 saturated heterocycles. The Bertz CT molecular complexity index is 1080. The molecule has 1 fully saturated rings. The fourth-order valence-corrected chi connectivity index (χ4v) is 4.18. The van der Waals surface area contributed by atoms with E-state index in [2.05, 4.69) is 27.0 Å². The predicted molar refractivity (Wildman–Crippen MR) is 110 cm³/mol. The van der Waals surface area contributed by atoms with Crippen LogP contribution >= 0.6 is 0 Å². The SMILES string of the molecule is CCn1cnnc1-c1cccc(N2Cc3cnc(N4CCC[C@H]4C)cc3C2=O)n1. The summed E-state index contributed by atoms with van der Waals surface area (Å²) in [6.45, 7) is 6.47. The molecule has 5 rings (SSSR count). The molecule has 2 aliphatic rings. The number of aromatic nitrogens is 5. The van der Waals surface area contributed by atoms with Crippen LogP contribution < -0.4 is 9.80 Å². The van der Waals surface area contributed by atoms with E-state index >= 15 is 0 Å². The lowest BCUT2D eigenvalue weighted by molar-refractivity contribution is 0.0996. The largest absolute Gasteiger partial charge is 0.354 e. The molecule has 3 aromatic heterocycles. The molecule has 1 atom stereocenters. The molecule has 29 heavy (non-hydrogen) atoms. The van der Waals surface area contributed by atoms with Crippen LogP contribution in [0.15, 0.2) is 36.8 Å². The summed E-state index contributed by atoms with van der Waals surface area (Å²) in [4.78, 5) is 26.5. The molecule has 0 N–H and O–H groups in total. The van der Waals surface area contributed by atoms with Crippen molar-refractivity contribution in [2.45, 2.75) is 45.8 Å². The highest BCUT2D eigenvalue weighted by Crippen LogP contribution is 2.31. The Hall–Kier alpha value is -3.29. The van der Waals surface area contributed by atoms with E-state index in [1.165, 1.54) is 6.42 Å². The van der Waals surface area contributed by atoms with E-state index in [1.807, 2.05) is 42.0 Å². The van der Waals surface area contributed by atoms with Gasteiger partial charge in [-0.3, -0.25) is 9.69 Å². The molecule has 2 aliphatic heterocycles. The van der Waals surface area contributed by atoms with E-state index < -0.39 is 0 Å². The van der Waals surface area contributed by atoms with Gasteiger partial charge >= 0.3 is 0 Å². The monoisotopic (exact) mass is 389 g/mol. The molecule has 0 bridgehead atoms. The first kappa shape index (κ1) is 17.8. The minimum absolute atomic E-state index is 0.0305. The van der Waals surface area contributed by atoms with E-state index in [0.29, 0.717) is 29.9 Å². The van der Waals surface area contributed by atoms with Gasteiger partial charge in [0.25, 0.3) is 5.91 Å². The topological polar surface area (TPSA) is 80.0 Å². The molecule has 148 valence electrons. The van der Waals surface area contributed by atoms with Gasteiger partial charge in [-0.1, -0.05) is 6.07 Å². The summed E-state index contributed by atoms with van der Waals surface area (Å²) in [5.74, 6) is 2.18. The maximum absolute atomic E-state index is 13.2. The lowest BCUT2D eigenvalue weighted by Crippen LogP contribution is -2.27. The molecule has 1 amide bonds. The van der Waals surface area contributed by atoms with Gasteiger partial charge in [0.15, 0.2) is 5.82 Å². The van der Waals surface area contributed by atoms with Gasteiger partial charge in [-0.05, 0) is 44.9 Å². The zero-order chi connectivity index (χ0) is 20.0. The van der Waals surface area contributed by atoms with Crippen LogP contribution in [0.4, 0.5) is 11.6 Å². The maximum atomic E-state index is 13.2. The van der Waals surface area contributed by atoms with Crippen molar-refractivity contribution in [2.75, 3.05) is 16.3 Å². The van der Waals surface area contributed by atoms with Gasteiger partial charge < -0.3 is 9.47 Å². The Morgan fingerprint density at radius 3 is 2.93 bits per heavy atom. The second-order valence-corrected chi connectivity index (χ2v) is 7.60. The second kappa shape index (κ2) is 6.95. The minimum Gasteiger partial charge on any atom is -0.354 e. The third kappa shape index (κ3) is 2.95. The number of pyridine rings is 2. The molecule has 8 nitrogen and oxygen atoms in total. The van der Waals surface area contributed by atoms with Crippen LogP contribution in [0, 0.1) is 0 Å². The van der Waals surface area contributed by atoms with Crippen LogP contribution in [0.5, 0.6) is 0 Å². The molecule has 0 unspecified atom stereocenters. The van der Waals surface area contributed by atoms with Crippen molar-refractivity contribution in [2.24, 2.45) is 0 Å². The highest BCUT2D eigenvalue weighted by molar-refractivity contribution is 6.09. The smallest absolute Gasteiger partial charge is 0.260 e. The van der Waals surface area contributed by atoms with Gasteiger partial charge in [0, 0.05) is 30.9 Å². The number of fused-ring (bicyclic) bond motifs is 1. The summed E-state index contributed by atoms with van der Waals surface area (Å²) in [5.41, 5.74) is 2.36. The molecule has 8 heteroatoms. The quantitative estimate of drug-likeness (QED) is 0.683. The number of amides is 1. The average Bonchev–Trinajstić information content (AvgIpc) is 3.47. The van der Waals surface area contributed by atoms with Gasteiger partial charge in [-0.25, -0.2) is 9.97 Å². The number of nitrogens with zero attached hydrogens (tertiary/aromatic N) is 7. The van der Waals surface area contributed by atoms with Crippen LogP contribution in [-0.2, 0) is 13.1 Å². The number of anilines is 2. The van der Waals surface area contributed by atoms with Crippen molar-refractivity contribution in [3.8, 4) is 11.5 Å². The van der Waals surface area contributed by atoms with E-state index in [0.717, 1.165) is 36.5 Å². The number of carbonyl (C=O) groups is 1. The molecule has 0 spiro atoms. The number of carbonyl (C=O) groups excluding carboxylic acids is 1. The molecular formula is C21H23N7O. The number of rotatable bonds is 4. The minimum atomic E-state index is -0.0305. The van der Waals surface area contributed by atoms with Gasteiger partial charge in [0.05, 0.1) is 12.1 Å². The molecule has 3 aromatic rings. The predicted octanol–water partition coefficient (Wildman–Crippen LogP) is 2.90. The summed E-state index contributed by atoms with van der Waals surface area (Å²) >= 11 is 0. The zero-order valence-corrected chi connectivity index (χ0v) is 16.6. The molecular weight excluding hydrogens is 366 g/mol. The lowest BCUT2D eigenvalue weighted by atomic mass is 10.1. The third-order valence-electron chi connectivity index (χ3n) is 5.82. The molecule has 5 heterocycles. The lowest BCUT2D eigenvalue weighted by Gasteiger charge is -2.22. The van der Waals surface area contributed by atoms with Crippen molar-refractivity contribution < 1.29 is 4.79 Å². The third-order valence-corrected chi connectivity index (χ3v) is 5.82. The summed E-state index contributed by atoms with van der Waals surface area (Å²) in [6, 6.07) is 8.05. The van der Waals surface area contributed by atoms with E-state index in [9.17, 15) is 4.79 Å². The number of aryl methyl sites for hydroxylation is 1. The van der Waals surface area contributed by atoms with E-state index in [1.54, 1.807) is 11.2 Å². The first-order valence-electron chi connectivity index (χ1n) is 10.1. The zero-order valence-electron chi connectivity index (χ0n) is 16.6. The Morgan fingerprint density at radius 2 is 2.14 bits per heavy atom. The van der Waals surface area contributed by atoms with E-state index in [4.69, 9.17) is 4.98 Å². The summed E-state index contributed by atoms with van der Waals surface area (Å²) in [6.07, 6.45) is 5.86. The summed E-state index contributed by atoms with van der Waals surface area (Å²) in [7, 11) is 0. The fraction of sp³-hybridized carbons (Fsp3) is 0.381. The van der Waals surface area contributed by atoms with Crippen LogP contribution in [0.25, 0.3) is 11.5 Å². The molecule has 0 saturated carbocycles. The second-order valence-electron chi connectivity index (χ2n) is 7.60. The fourth-order valence-electron chi connectivity index (χ4n) is 4.18. The van der Waals surface area contributed by atoms with Crippen molar-refractivity contribution in [1.29, 1.82) is 0 Å². The molecule has 0 aromatic carbocycles. The first-order valence-corrected chi connectivity index (χ1v) is 10.1. The molecule has 0 aliphatic carbocycles. The van der Waals surface area contributed by atoms with Crippen molar-refractivity contribution in [3.05, 3.63) is 47.9 Å². The van der Waals surface area contributed by atoms with Gasteiger partial charge in [-0.15, -0.1) is 10.2 Å². The highest BCUT2D eigenvalue weighted by atomic mass is 16.2. The Kier molecular flexibility index (Phi) is 4.26. The normalized spacial score (nSPS) is 18.6. The number of hydrogen-bond donors (Lipinski definition) is 0. The maximum Gasteiger partial charge on any atom is 0.260 e. The van der Waals surface area contributed by atoms with E-state index in [-0.39, 0.29) is 5.91 Å². The highest BCUT2D eigenvalue weighted by Gasteiger charge is 2.32. The molecule has 0 radical (unpaired) electrons. The summed E-state index contributed by atoms with van der Waals surface area (Å²) in [5, 5.41) is 8.15. The number of hydrogen-bond acceptors (Lipinski definition) is 6. The van der Waals surface area contributed by atoms with Crippen molar-refractivity contribution in [3.63, 3.8) is 0 Å². The van der Waals surface area contributed by atoms with Crippen LogP contribution in [0.3, 0.4) is 0 Å². The van der Waals surface area contributed by atoms with Crippen LogP contribution in [-0.4, -0.2) is 43.2 Å². The van der Waals surface area contributed by atoms with Gasteiger partial charge in [-0.2, -0.15) is 0 Å². The summed E-state index contributed by atoms with van der Waals surface area (Å²) < 4.78 is 1.93. The van der Waals surface area contributed by atoms with Crippen LogP contribution in [0.2, 0.25) is 0 Å².